The second kappa shape index (κ2) is 28.5. The van der Waals surface area contributed by atoms with Crippen molar-refractivity contribution in [2.45, 2.75) is 13.8 Å². The van der Waals surface area contributed by atoms with E-state index in [2.05, 4.69) is 18.0 Å². The summed E-state index contributed by atoms with van der Waals surface area (Å²) in [4.78, 5) is 83.5. The van der Waals surface area contributed by atoms with Crippen molar-refractivity contribution >= 4 is 92.8 Å². The van der Waals surface area contributed by atoms with Gasteiger partial charge in [-0.2, -0.15) is 5.26 Å². The maximum absolute atomic E-state index is 12.6. The number of carboxylic acids is 1. The molecule has 18 nitrogen and oxygen atoms in total. The average molecular weight is 1140 g/mol. The van der Waals surface area contributed by atoms with Crippen LogP contribution >= 0.6 is 11.6 Å². The van der Waals surface area contributed by atoms with Crippen LogP contribution < -0.4 is 14.7 Å². The van der Waals surface area contributed by atoms with Crippen LogP contribution in [0.4, 0.5) is 34.1 Å². The Morgan fingerprint density at radius 2 is 0.869 bits per heavy atom. The predicted octanol–water partition coefficient (Wildman–Crippen LogP) is 12.3. The lowest BCUT2D eigenvalue weighted by atomic mass is 10.1. The molecule has 0 aliphatic rings. The van der Waals surface area contributed by atoms with Gasteiger partial charge >= 0.3 is 29.8 Å². The molecule has 422 valence electrons. The molecule has 0 spiro atoms. The van der Waals surface area contributed by atoms with Crippen LogP contribution in [0.25, 0.3) is 56.2 Å². The molecule has 1 aromatic heterocycles. The summed E-state index contributed by atoms with van der Waals surface area (Å²) in [6.07, 6.45) is 3.90. The highest BCUT2D eigenvalue weighted by Crippen LogP contribution is 2.33. The van der Waals surface area contributed by atoms with Gasteiger partial charge in [-0.25, -0.2) is 39.0 Å². The molecule has 0 saturated carbocycles. The number of rotatable bonds is 23. The zero-order chi connectivity index (χ0) is 60.5. The first kappa shape index (κ1) is 60.7. The molecular weight excluding hydrogens is 1090 g/mol. The van der Waals surface area contributed by atoms with Gasteiger partial charge in [0, 0.05) is 89.2 Å². The van der Waals surface area contributed by atoms with E-state index in [1.54, 1.807) is 36.4 Å². The molecule has 0 amide bonds. The molecule has 0 unspecified atom stereocenters. The number of nitriles is 1. The maximum Gasteiger partial charge on any atom is 0.349 e. The first-order valence-corrected chi connectivity index (χ1v) is 26.1. The second-order valence-electron chi connectivity index (χ2n) is 18.6. The minimum absolute atomic E-state index is 0.114. The minimum Gasteiger partial charge on any atom is -0.486 e. The lowest BCUT2D eigenvalue weighted by Gasteiger charge is -2.20. The highest BCUT2D eigenvalue weighted by atomic mass is 35.5. The maximum atomic E-state index is 12.6. The fourth-order valence-electron chi connectivity index (χ4n) is 7.85. The lowest BCUT2D eigenvalue weighted by molar-refractivity contribution is -0.147. The Hall–Kier alpha value is -11.0. The molecule has 0 fully saturated rings. The number of benzene rings is 6. The predicted molar refractivity (Wildman–Crippen MR) is 323 cm³/mol. The molecule has 84 heavy (non-hydrogen) atoms. The highest BCUT2D eigenvalue weighted by molar-refractivity contribution is 6.50. The summed E-state index contributed by atoms with van der Waals surface area (Å²) in [6, 6.07) is 46.8. The van der Waals surface area contributed by atoms with Crippen LogP contribution in [0.1, 0.15) is 30.5 Å². The van der Waals surface area contributed by atoms with E-state index in [0.29, 0.717) is 34.2 Å². The number of aliphatic carboxylic acids is 1. The number of anilines is 6. The molecule has 0 atom stereocenters. The third-order valence-corrected chi connectivity index (χ3v) is 12.9. The standard InChI is InChI=1S/C65H55ClN8O10/c1-41(2)63(78)82-34-33-81-58(75)39-56(66)45-13-25-52(26-14-45)74(8)55-31-19-48(20-32-55)61-70-59(69-60(71-61)47-17-29-54(30-18-47)73(7)51-23-11-44(12-24-51)38-57(68-5)62(76)77)46-15-27-53(28-16-46)72(6)50-21-9-43(10-22-50)37-49(40-67)65(80)84-36-35-83-64(79)42(3)4/h9-32,37-39H,1,3,33-36H2,2,4,6-8H3,(H,76,77)/b49-37+,56-39-,57-38-. The topological polar surface area (TPSA) is 219 Å². The van der Waals surface area contributed by atoms with Crippen LogP contribution in [0.15, 0.2) is 187 Å². The minimum atomic E-state index is -1.29. The normalized spacial score (nSPS) is 11.3. The van der Waals surface area contributed by atoms with Gasteiger partial charge < -0.3 is 38.8 Å². The number of carbonyl (C=O) groups is 5. The number of nitrogens with zero attached hydrogens (tertiary/aromatic N) is 8. The van der Waals surface area contributed by atoms with Gasteiger partial charge in [-0.3, -0.25) is 4.79 Å². The molecule has 0 aliphatic carbocycles. The Bertz CT molecular complexity index is 3790. The van der Waals surface area contributed by atoms with E-state index in [1.165, 1.54) is 26.0 Å². The first-order valence-electron chi connectivity index (χ1n) is 25.7. The molecule has 7 rings (SSSR count). The van der Waals surface area contributed by atoms with Gasteiger partial charge in [-0.1, -0.05) is 61.2 Å². The second-order valence-corrected chi connectivity index (χ2v) is 19.0. The molecule has 1 heterocycles. The van der Waals surface area contributed by atoms with E-state index < -0.39 is 29.8 Å². The van der Waals surface area contributed by atoms with Crippen LogP contribution in [0.3, 0.4) is 0 Å². The zero-order valence-corrected chi connectivity index (χ0v) is 47.2. The van der Waals surface area contributed by atoms with Crippen molar-refractivity contribution in [3.8, 4) is 40.2 Å². The quantitative estimate of drug-likeness (QED) is 0.0157. The van der Waals surface area contributed by atoms with E-state index in [-0.39, 0.29) is 53.9 Å². The van der Waals surface area contributed by atoms with Gasteiger partial charge in [0.1, 0.15) is 38.1 Å². The SMILES string of the molecule is [C-]#[N+]/C(=C\c1ccc(N(C)c2ccc(-c3nc(-c4ccc(N(C)c5ccc(/C=C(\C#N)C(=O)OCCOC(=O)C(=C)C)cc5)cc4)nc(-c4ccc(N(C)c5ccc(/C(Cl)=C/C(=O)OCCOC(=O)C(=C)C)cc5)cc4)n3)cc2)cc1)C(=O)O. The summed E-state index contributed by atoms with van der Waals surface area (Å²) in [5.74, 6) is -2.74. The number of carboxylic acid groups (broad SMARTS) is 1. The van der Waals surface area contributed by atoms with Gasteiger partial charge in [0.05, 0.1) is 11.6 Å². The van der Waals surface area contributed by atoms with E-state index in [0.717, 1.165) is 56.9 Å². The van der Waals surface area contributed by atoms with Gasteiger partial charge in [-0.15, -0.1) is 0 Å². The Kier molecular flexibility index (Phi) is 20.6. The third-order valence-electron chi connectivity index (χ3n) is 12.6. The van der Waals surface area contributed by atoms with E-state index in [1.807, 2.05) is 151 Å². The Morgan fingerprint density at radius 1 is 0.548 bits per heavy atom. The lowest BCUT2D eigenvalue weighted by Crippen LogP contribution is -2.15. The molecule has 0 radical (unpaired) electrons. The molecule has 7 aromatic rings. The van der Waals surface area contributed by atoms with Crippen LogP contribution in [0.2, 0.25) is 0 Å². The number of halogens is 1. The molecule has 19 heteroatoms. The molecule has 0 aliphatic heterocycles. The van der Waals surface area contributed by atoms with Gasteiger partial charge in [0.2, 0.25) is 0 Å². The van der Waals surface area contributed by atoms with E-state index in [4.69, 9.17) is 52.1 Å². The number of ether oxygens (including phenoxy) is 4. The fraction of sp³-hybridized carbons (Fsp3) is 0.138. The molecule has 6 aromatic carbocycles. The zero-order valence-electron chi connectivity index (χ0n) is 46.4. The number of esters is 4. The summed E-state index contributed by atoms with van der Waals surface area (Å²) in [6.45, 7) is 16.6. The molecule has 1 N–H and O–H groups in total. The average Bonchev–Trinajstić information content (AvgIpc) is 3.62. The van der Waals surface area contributed by atoms with E-state index >= 15 is 0 Å². The smallest absolute Gasteiger partial charge is 0.349 e. The van der Waals surface area contributed by atoms with E-state index in [9.17, 15) is 34.3 Å². The summed E-state index contributed by atoms with van der Waals surface area (Å²) in [7, 11) is 5.73. The first-order chi connectivity index (χ1) is 40.3. The number of hydrogen-bond donors (Lipinski definition) is 1. The van der Waals surface area contributed by atoms with Crippen molar-refractivity contribution in [2.24, 2.45) is 0 Å². The molecule has 0 bridgehead atoms. The van der Waals surface area contributed by atoms with Crippen molar-refractivity contribution in [1.82, 2.24) is 15.0 Å². The van der Waals surface area contributed by atoms with Crippen LogP contribution in [-0.2, 0) is 42.9 Å². The monoisotopic (exact) mass is 1140 g/mol. The van der Waals surface area contributed by atoms with Crippen LogP contribution in [-0.4, -0.2) is 97.5 Å². The van der Waals surface area contributed by atoms with Crippen molar-refractivity contribution < 1.29 is 48.0 Å². The molecule has 0 saturated heterocycles. The third kappa shape index (κ3) is 16.1. The van der Waals surface area contributed by atoms with Crippen molar-refractivity contribution in [1.29, 1.82) is 5.26 Å². The fourth-order valence-corrected chi connectivity index (χ4v) is 8.06. The van der Waals surface area contributed by atoms with Crippen molar-refractivity contribution in [3.05, 3.63) is 215 Å². The summed E-state index contributed by atoms with van der Waals surface area (Å²) in [5, 5.41) is 19.1. The largest absolute Gasteiger partial charge is 0.486 e. The van der Waals surface area contributed by atoms with Crippen molar-refractivity contribution in [3.63, 3.8) is 0 Å². The number of carbonyl (C=O) groups excluding carboxylic acids is 4. The van der Waals surface area contributed by atoms with Crippen LogP contribution in [0.5, 0.6) is 0 Å². The van der Waals surface area contributed by atoms with Gasteiger partial charge in [-0.05, 0) is 152 Å². The summed E-state index contributed by atoms with van der Waals surface area (Å²) < 4.78 is 20.1. The Morgan fingerprint density at radius 3 is 1.20 bits per heavy atom. The summed E-state index contributed by atoms with van der Waals surface area (Å²) in [5.41, 5.74) is 8.82. The number of aromatic nitrogens is 3. The highest BCUT2D eigenvalue weighted by Gasteiger charge is 2.17. The Labute approximate surface area is 490 Å². The molecular formula is C65H55ClN8O10. The van der Waals surface area contributed by atoms with Crippen molar-refractivity contribution in [2.75, 3.05) is 62.3 Å². The number of hydrogen-bond acceptors (Lipinski definition) is 16. The summed E-state index contributed by atoms with van der Waals surface area (Å²) >= 11 is 6.47. The van der Waals surface area contributed by atoms with Crippen LogP contribution in [0, 0.1) is 17.9 Å². The Balaban J connectivity index is 1.11. The van der Waals surface area contributed by atoms with Gasteiger partial charge in [0.25, 0.3) is 5.70 Å². The van der Waals surface area contributed by atoms with Gasteiger partial charge in [0.15, 0.2) is 17.5 Å².